The molecular weight excluding hydrogens is 554 g/mol. The van der Waals surface area contributed by atoms with E-state index in [0.717, 1.165) is 40.5 Å². The lowest BCUT2D eigenvalue weighted by molar-refractivity contribution is -0.193. The summed E-state index contributed by atoms with van der Waals surface area (Å²) in [6, 6.07) is 8.31. The fourth-order valence-corrected chi connectivity index (χ4v) is 4.13. The highest BCUT2D eigenvalue weighted by Gasteiger charge is 2.42. The molecule has 0 bridgehead atoms. The molecule has 0 amide bonds. The summed E-state index contributed by atoms with van der Waals surface area (Å²) >= 11 is 1.10. The Kier molecular flexibility index (Phi) is 7.72. The normalized spacial score (nSPS) is 11.9. The minimum atomic E-state index is -5.34. The summed E-state index contributed by atoms with van der Waals surface area (Å²) in [5.41, 5.74) is -0.287. The fourth-order valence-electron chi connectivity index (χ4n) is 3.22. The molecule has 0 aliphatic carbocycles. The highest BCUT2D eigenvalue weighted by atomic mass is 32.1. The smallest absolute Gasteiger partial charge is 0.487 e. The standard InChI is InChI=1S/C24H16F6N4O4S/c1-13-19(11-34-10-15(9-32-34)21(35)38-22(36)24(28,29)30)33-20(39-13)14-6-16(23(25,26)27)8-18(7-14)37-12-17-4-2-3-5-31-17/h2-10H,11-12H2,1H3. The molecule has 0 N–H and O–H groups in total. The van der Waals surface area contributed by atoms with Gasteiger partial charge in [-0.15, -0.1) is 11.3 Å². The first-order valence-electron chi connectivity index (χ1n) is 10.9. The van der Waals surface area contributed by atoms with Gasteiger partial charge in [0.15, 0.2) is 0 Å². The molecule has 0 saturated heterocycles. The number of benzene rings is 1. The van der Waals surface area contributed by atoms with E-state index in [1.165, 1.54) is 12.3 Å². The summed E-state index contributed by atoms with van der Waals surface area (Å²) in [7, 11) is 0. The van der Waals surface area contributed by atoms with E-state index in [2.05, 4.69) is 19.8 Å². The molecule has 0 saturated carbocycles. The Labute approximate surface area is 219 Å². The lowest BCUT2D eigenvalue weighted by atomic mass is 10.1. The van der Waals surface area contributed by atoms with Crippen LogP contribution in [0.5, 0.6) is 5.75 Å². The number of pyridine rings is 1. The van der Waals surface area contributed by atoms with Crippen LogP contribution in [-0.2, 0) is 28.9 Å². The molecule has 1 aromatic carbocycles. The molecule has 0 atom stereocenters. The van der Waals surface area contributed by atoms with Crippen LogP contribution in [0.1, 0.15) is 32.2 Å². The highest BCUT2D eigenvalue weighted by molar-refractivity contribution is 7.15. The summed E-state index contributed by atoms with van der Waals surface area (Å²) in [4.78, 5) is 31.7. The van der Waals surface area contributed by atoms with Crippen molar-refractivity contribution in [2.45, 2.75) is 32.4 Å². The molecule has 8 nitrogen and oxygen atoms in total. The molecule has 0 aliphatic heterocycles. The number of hydrogen-bond donors (Lipinski definition) is 0. The summed E-state index contributed by atoms with van der Waals surface area (Å²) in [6.07, 6.45) is -6.50. The average Bonchev–Trinajstić information content (AvgIpc) is 3.49. The van der Waals surface area contributed by atoms with Crippen LogP contribution < -0.4 is 4.74 Å². The Morgan fingerprint density at radius 2 is 1.85 bits per heavy atom. The minimum absolute atomic E-state index is 0.0384. The van der Waals surface area contributed by atoms with Crippen molar-refractivity contribution >= 4 is 23.3 Å². The van der Waals surface area contributed by atoms with E-state index in [1.807, 2.05) is 0 Å². The number of halogens is 6. The number of nitrogens with zero attached hydrogens (tertiary/aromatic N) is 4. The quantitative estimate of drug-likeness (QED) is 0.162. The third-order valence-corrected chi connectivity index (χ3v) is 6.15. The predicted molar refractivity (Wildman–Crippen MR) is 124 cm³/mol. The van der Waals surface area contributed by atoms with Crippen LogP contribution in [0.2, 0.25) is 0 Å². The van der Waals surface area contributed by atoms with Gasteiger partial charge in [-0.1, -0.05) is 6.07 Å². The number of alkyl halides is 6. The van der Waals surface area contributed by atoms with Gasteiger partial charge in [-0.05, 0) is 37.3 Å². The number of aryl methyl sites for hydroxylation is 1. The van der Waals surface area contributed by atoms with Gasteiger partial charge in [0.2, 0.25) is 0 Å². The Morgan fingerprint density at radius 1 is 1.08 bits per heavy atom. The van der Waals surface area contributed by atoms with Crippen LogP contribution in [0.25, 0.3) is 10.6 Å². The third-order valence-electron chi connectivity index (χ3n) is 5.08. The van der Waals surface area contributed by atoms with E-state index in [0.29, 0.717) is 16.3 Å². The number of hydrogen-bond acceptors (Lipinski definition) is 8. The van der Waals surface area contributed by atoms with Crippen LogP contribution >= 0.6 is 11.3 Å². The van der Waals surface area contributed by atoms with E-state index in [1.54, 1.807) is 25.1 Å². The van der Waals surface area contributed by atoms with Gasteiger partial charge in [-0.25, -0.2) is 14.6 Å². The van der Waals surface area contributed by atoms with Crippen molar-refractivity contribution in [3.8, 4) is 16.3 Å². The molecule has 0 radical (unpaired) electrons. The number of carbonyl (C=O) groups excluding carboxylic acids is 2. The lowest BCUT2D eigenvalue weighted by Gasteiger charge is -2.12. The number of ether oxygens (including phenoxy) is 2. The van der Waals surface area contributed by atoms with Crippen molar-refractivity contribution in [2.75, 3.05) is 0 Å². The number of carbonyl (C=O) groups is 2. The molecule has 4 aromatic rings. The van der Waals surface area contributed by atoms with Gasteiger partial charge in [0.1, 0.15) is 17.4 Å². The van der Waals surface area contributed by atoms with E-state index in [4.69, 9.17) is 4.74 Å². The number of esters is 2. The van der Waals surface area contributed by atoms with Crippen LogP contribution in [0.3, 0.4) is 0 Å². The maximum atomic E-state index is 13.6. The molecule has 3 heterocycles. The number of thiazole rings is 1. The maximum absolute atomic E-state index is 13.6. The van der Waals surface area contributed by atoms with Gasteiger partial charge in [0.05, 0.1) is 35.3 Å². The van der Waals surface area contributed by atoms with E-state index in [-0.39, 0.29) is 29.5 Å². The first-order valence-corrected chi connectivity index (χ1v) is 11.7. The molecule has 204 valence electrons. The second kappa shape index (κ2) is 10.8. The van der Waals surface area contributed by atoms with Gasteiger partial charge in [0.25, 0.3) is 0 Å². The van der Waals surface area contributed by atoms with Gasteiger partial charge in [0, 0.05) is 22.8 Å². The van der Waals surface area contributed by atoms with Gasteiger partial charge < -0.3 is 9.47 Å². The second-order valence-electron chi connectivity index (χ2n) is 7.98. The van der Waals surface area contributed by atoms with Gasteiger partial charge in [-0.3, -0.25) is 9.67 Å². The van der Waals surface area contributed by atoms with E-state index < -0.39 is 35.4 Å². The molecule has 15 heteroatoms. The molecule has 39 heavy (non-hydrogen) atoms. The molecular formula is C24H16F6N4O4S. The summed E-state index contributed by atoms with van der Waals surface area (Å²) in [6.45, 7) is 1.55. The van der Waals surface area contributed by atoms with Crippen molar-refractivity contribution < 1.29 is 45.4 Å². The molecule has 4 rings (SSSR count). The molecule has 0 aliphatic rings. The fraction of sp³-hybridized carbons (Fsp3) is 0.208. The molecule has 0 fully saturated rings. The zero-order valence-corrected chi connectivity index (χ0v) is 20.5. The van der Waals surface area contributed by atoms with Crippen molar-refractivity contribution in [1.82, 2.24) is 19.7 Å². The Balaban J connectivity index is 1.54. The first-order chi connectivity index (χ1) is 18.3. The third kappa shape index (κ3) is 6.98. The van der Waals surface area contributed by atoms with Gasteiger partial charge >= 0.3 is 24.3 Å². The topological polar surface area (TPSA) is 96.2 Å². The molecule has 0 unspecified atom stereocenters. The number of rotatable bonds is 7. The number of aromatic nitrogens is 4. The maximum Gasteiger partial charge on any atom is 0.491 e. The zero-order valence-electron chi connectivity index (χ0n) is 19.7. The summed E-state index contributed by atoms with van der Waals surface area (Å²) in [5.74, 6) is -4.24. The van der Waals surface area contributed by atoms with Gasteiger partial charge in [-0.2, -0.15) is 31.4 Å². The van der Waals surface area contributed by atoms with Crippen LogP contribution in [0.15, 0.2) is 55.0 Å². The van der Waals surface area contributed by atoms with Crippen molar-refractivity contribution in [2.24, 2.45) is 0 Å². The zero-order chi connectivity index (χ0) is 28.4. The predicted octanol–water partition coefficient (Wildman–Crippen LogP) is 5.60. The monoisotopic (exact) mass is 570 g/mol. The van der Waals surface area contributed by atoms with Crippen LogP contribution in [-0.4, -0.2) is 37.9 Å². The minimum Gasteiger partial charge on any atom is -0.487 e. The highest BCUT2D eigenvalue weighted by Crippen LogP contribution is 2.37. The van der Waals surface area contributed by atoms with Crippen molar-refractivity contribution in [3.05, 3.63) is 82.4 Å². The largest absolute Gasteiger partial charge is 0.491 e. The Morgan fingerprint density at radius 3 is 2.51 bits per heavy atom. The van der Waals surface area contributed by atoms with Crippen LogP contribution in [0.4, 0.5) is 26.3 Å². The summed E-state index contributed by atoms with van der Waals surface area (Å²) in [5, 5.41) is 4.10. The van der Waals surface area contributed by atoms with E-state index >= 15 is 0 Å². The average molecular weight is 570 g/mol. The summed E-state index contributed by atoms with van der Waals surface area (Å²) < 4.78 is 88.2. The van der Waals surface area contributed by atoms with Crippen molar-refractivity contribution in [3.63, 3.8) is 0 Å². The van der Waals surface area contributed by atoms with Crippen molar-refractivity contribution in [1.29, 1.82) is 0 Å². The second-order valence-corrected chi connectivity index (χ2v) is 9.18. The molecule has 0 spiro atoms. The Hall–Kier alpha value is -4.27. The molecule has 3 aromatic heterocycles. The SMILES string of the molecule is Cc1sc(-c2cc(OCc3ccccn3)cc(C(F)(F)F)c2)nc1Cn1cc(C(=O)OC(=O)C(F)(F)F)cn1. The lowest BCUT2D eigenvalue weighted by Crippen LogP contribution is -2.27. The van der Waals surface area contributed by atoms with Crippen LogP contribution in [0, 0.1) is 6.92 Å². The Bertz CT molecular complexity index is 1500. The first kappa shape index (κ1) is 27.8. The van der Waals surface area contributed by atoms with E-state index in [9.17, 15) is 35.9 Å².